The first-order valence-corrected chi connectivity index (χ1v) is 6.55. The lowest BCUT2D eigenvalue weighted by Gasteiger charge is -2.11. The van der Waals surface area contributed by atoms with Crippen molar-refractivity contribution in [1.82, 2.24) is 0 Å². The molecule has 2 aromatic carbocycles. The fourth-order valence-electron chi connectivity index (χ4n) is 1.60. The Morgan fingerprint density at radius 2 is 1.84 bits per heavy atom. The molecular weight excluding hydrogens is 307 g/mol. The molecule has 98 valence electrons. The van der Waals surface area contributed by atoms with Gasteiger partial charge in [0.15, 0.2) is 6.29 Å². The van der Waals surface area contributed by atoms with Crippen LogP contribution in [0, 0.1) is 0 Å². The van der Waals surface area contributed by atoms with Gasteiger partial charge in [0.05, 0.1) is 10.6 Å². The van der Waals surface area contributed by atoms with Crippen LogP contribution < -0.4 is 4.74 Å². The Kier molecular flexibility index (Phi) is 4.70. The van der Waals surface area contributed by atoms with Crippen molar-refractivity contribution in [3.8, 4) is 5.75 Å². The molecule has 0 saturated carbocycles. The summed E-state index contributed by atoms with van der Waals surface area (Å²) in [5, 5.41) is 1.32. The summed E-state index contributed by atoms with van der Waals surface area (Å²) in [5.41, 5.74) is 1.20. The number of aldehydes is 1. The summed E-state index contributed by atoms with van der Waals surface area (Å²) in [6.45, 7) is 0.267. The smallest absolute Gasteiger partial charge is 0.153 e. The average Bonchev–Trinajstić information content (AvgIpc) is 2.37. The minimum Gasteiger partial charge on any atom is -0.487 e. The fraction of sp³-hybridized carbons (Fsp3) is 0.0714. The van der Waals surface area contributed by atoms with Crippen LogP contribution in [0.4, 0.5) is 0 Å². The molecule has 19 heavy (non-hydrogen) atoms. The van der Waals surface area contributed by atoms with Gasteiger partial charge in [-0.15, -0.1) is 0 Å². The van der Waals surface area contributed by atoms with Crippen molar-refractivity contribution in [3.05, 3.63) is 62.6 Å². The molecule has 0 N–H and O–H groups in total. The maximum atomic E-state index is 11.0. The molecule has 2 rings (SSSR count). The van der Waals surface area contributed by atoms with E-state index >= 15 is 0 Å². The monoisotopic (exact) mass is 314 g/mol. The number of ether oxygens (including phenoxy) is 1. The van der Waals surface area contributed by atoms with Gasteiger partial charge >= 0.3 is 0 Å². The van der Waals surface area contributed by atoms with Gasteiger partial charge in [0, 0.05) is 10.0 Å². The second-order valence-electron chi connectivity index (χ2n) is 3.84. The van der Waals surface area contributed by atoms with Gasteiger partial charge in [0.25, 0.3) is 0 Å². The zero-order valence-electron chi connectivity index (χ0n) is 9.70. The Morgan fingerprint density at radius 1 is 1.05 bits per heavy atom. The Morgan fingerprint density at radius 3 is 2.53 bits per heavy atom. The molecule has 0 atom stereocenters. The number of halogens is 3. The summed E-state index contributed by atoms with van der Waals surface area (Å²) in [5.74, 6) is 0.320. The van der Waals surface area contributed by atoms with E-state index in [4.69, 9.17) is 39.5 Å². The summed E-state index contributed by atoms with van der Waals surface area (Å²) < 4.78 is 5.57. The largest absolute Gasteiger partial charge is 0.487 e. The summed E-state index contributed by atoms with van der Waals surface area (Å²) >= 11 is 17.7. The van der Waals surface area contributed by atoms with Crippen LogP contribution in [0.3, 0.4) is 0 Å². The van der Waals surface area contributed by atoms with Crippen molar-refractivity contribution in [2.45, 2.75) is 6.61 Å². The van der Waals surface area contributed by atoms with E-state index in [9.17, 15) is 4.79 Å². The van der Waals surface area contributed by atoms with Gasteiger partial charge in [0.1, 0.15) is 12.4 Å². The highest BCUT2D eigenvalue weighted by atomic mass is 35.5. The standard InChI is InChI=1S/C14H9Cl3O2/c15-11-3-1-2-9(4-11)8-19-14-10(7-18)5-12(16)6-13(14)17/h1-7H,8H2. The predicted octanol–water partition coefficient (Wildman–Crippen LogP) is 5.04. The third-order valence-electron chi connectivity index (χ3n) is 2.44. The van der Waals surface area contributed by atoms with Crippen molar-refractivity contribution in [2.24, 2.45) is 0 Å². The van der Waals surface area contributed by atoms with Gasteiger partial charge in [-0.05, 0) is 29.8 Å². The number of rotatable bonds is 4. The molecule has 2 aromatic rings. The number of benzene rings is 2. The lowest BCUT2D eigenvalue weighted by molar-refractivity contribution is 0.111. The zero-order valence-corrected chi connectivity index (χ0v) is 12.0. The molecule has 0 aliphatic heterocycles. The summed E-state index contributed by atoms with van der Waals surface area (Å²) in [6.07, 6.45) is 0.658. The van der Waals surface area contributed by atoms with Gasteiger partial charge in [-0.2, -0.15) is 0 Å². The molecule has 0 bridgehead atoms. The third kappa shape index (κ3) is 3.63. The molecule has 0 aromatic heterocycles. The Bertz CT molecular complexity index is 612. The molecule has 0 aliphatic carbocycles. The van der Waals surface area contributed by atoms with E-state index in [0.29, 0.717) is 32.7 Å². The second-order valence-corrected chi connectivity index (χ2v) is 5.12. The minimum atomic E-state index is 0.267. The molecule has 0 radical (unpaired) electrons. The highest BCUT2D eigenvalue weighted by Crippen LogP contribution is 2.32. The summed E-state index contributed by atoms with van der Waals surface area (Å²) in [6, 6.07) is 10.3. The van der Waals surface area contributed by atoms with Crippen LogP contribution in [0.1, 0.15) is 15.9 Å². The predicted molar refractivity (Wildman–Crippen MR) is 77.6 cm³/mol. The van der Waals surface area contributed by atoms with Crippen LogP contribution in [0.5, 0.6) is 5.75 Å². The van der Waals surface area contributed by atoms with Gasteiger partial charge in [-0.3, -0.25) is 4.79 Å². The molecular formula is C14H9Cl3O2. The van der Waals surface area contributed by atoms with E-state index in [0.717, 1.165) is 5.56 Å². The molecule has 0 unspecified atom stereocenters. The van der Waals surface area contributed by atoms with Crippen LogP contribution in [0.25, 0.3) is 0 Å². The lowest BCUT2D eigenvalue weighted by atomic mass is 10.2. The summed E-state index contributed by atoms with van der Waals surface area (Å²) in [7, 11) is 0. The molecule has 0 aliphatic rings. The molecule has 0 amide bonds. The van der Waals surface area contributed by atoms with Crippen molar-refractivity contribution in [2.75, 3.05) is 0 Å². The van der Waals surface area contributed by atoms with Gasteiger partial charge in [0.2, 0.25) is 0 Å². The van der Waals surface area contributed by atoms with Crippen LogP contribution in [0.2, 0.25) is 15.1 Å². The fourth-order valence-corrected chi connectivity index (χ4v) is 2.38. The van der Waals surface area contributed by atoms with Crippen LogP contribution in [0.15, 0.2) is 36.4 Å². The van der Waals surface area contributed by atoms with E-state index in [1.807, 2.05) is 12.1 Å². The van der Waals surface area contributed by atoms with Crippen molar-refractivity contribution in [1.29, 1.82) is 0 Å². The van der Waals surface area contributed by atoms with Gasteiger partial charge in [-0.1, -0.05) is 46.9 Å². The minimum absolute atomic E-state index is 0.267. The molecule has 0 saturated heterocycles. The second kappa shape index (κ2) is 6.29. The topological polar surface area (TPSA) is 26.3 Å². The van der Waals surface area contributed by atoms with E-state index in [1.165, 1.54) is 12.1 Å². The van der Waals surface area contributed by atoms with E-state index < -0.39 is 0 Å². The first kappa shape index (κ1) is 14.2. The third-order valence-corrected chi connectivity index (χ3v) is 3.17. The van der Waals surface area contributed by atoms with E-state index in [1.54, 1.807) is 12.1 Å². The van der Waals surface area contributed by atoms with Crippen molar-refractivity contribution >= 4 is 41.1 Å². The zero-order chi connectivity index (χ0) is 13.8. The lowest BCUT2D eigenvalue weighted by Crippen LogP contribution is -1.99. The molecule has 0 heterocycles. The first-order chi connectivity index (χ1) is 9.10. The summed E-state index contributed by atoms with van der Waals surface area (Å²) in [4.78, 5) is 11.0. The first-order valence-electron chi connectivity index (χ1n) is 5.41. The van der Waals surface area contributed by atoms with E-state index in [2.05, 4.69) is 0 Å². The number of hydrogen-bond acceptors (Lipinski definition) is 2. The highest BCUT2D eigenvalue weighted by molar-refractivity contribution is 6.36. The number of carbonyl (C=O) groups excluding carboxylic acids is 1. The van der Waals surface area contributed by atoms with Crippen LogP contribution in [-0.4, -0.2) is 6.29 Å². The normalized spacial score (nSPS) is 10.3. The highest BCUT2D eigenvalue weighted by Gasteiger charge is 2.10. The van der Waals surface area contributed by atoms with Crippen molar-refractivity contribution in [3.63, 3.8) is 0 Å². The Labute approximate surface area is 125 Å². The molecule has 2 nitrogen and oxygen atoms in total. The average molecular weight is 316 g/mol. The molecule has 5 heteroatoms. The Hall–Kier alpha value is -1.22. The van der Waals surface area contributed by atoms with Crippen molar-refractivity contribution < 1.29 is 9.53 Å². The van der Waals surface area contributed by atoms with Crippen LogP contribution in [-0.2, 0) is 6.61 Å². The molecule has 0 spiro atoms. The van der Waals surface area contributed by atoms with Gasteiger partial charge in [-0.25, -0.2) is 0 Å². The van der Waals surface area contributed by atoms with E-state index in [-0.39, 0.29) is 6.61 Å². The number of hydrogen-bond donors (Lipinski definition) is 0. The maximum Gasteiger partial charge on any atom is 0.153 e. The Balaban J connectivity index is 2.22. The SMILES string of the molecule is O=Cc1cc(Cl)cc(Cl)c1OCc1cccc(Cl)c1. The van der Waals surface area contributed by atoms with Crippen LogP contribution >= 0.6 is 34.8 Å². The van der Waals surface area contributed by atoms with Gasteiger partial charge < -0.3 is 4.74 Å². The quantitative estimate of drug-likeness (QED) is 0.739. The molecule has 0 fully saturated rings. The number of carbonyl (C=O) groups is 1. The maximum absolute atomic E-state index is 11.0.